The molecule has 0 N–H and O–H groups in total. The molecule has 122 valence electrons. The number of rotatable bonds is 3. The topological polar surface area (TPSA) is 29.5 Å². The normalized spacial score (nSPS) is 20.6. The first kappa shape index (κ1) is 17.7. The van der Waals surface area contributed by atoms with Crippen LogP contribution < -0.4 is 0 Å². The van der Waals surface area contributed by atoms with Gasteiger partial charge in [0.15, 0.2) is 0 Å². The van der Waals surface area contributed by atoms with Crippen molar-refractivity contribution in [2.45, 2.75) is 50.5 Å². The molecule has 0 spiro atoms. The average Bonchev–Trinajstić information content (AvgIpc) is 3.09. The second-order valence-electron chi connectivity index (χ2n) is 6.36. The number of carbonyl (C=O) groups is 1. The van der Waals surface area contributed by atoms with Crippen molar-refractivity contribution in [3.05, 3.63) is 35.4 Å². The largest absolute Gasteiger partial charge is 0.465 e. The number of hydrogen-bond acceptors (Lipinski definition) is 3. The lowest BCUT2D eigenvalue weighted by molar-refractivity contribution is 0.0600. The molecule has 1 aromatic rings. The van der Waals surface area contributed by atoms with E-state index in [1.165, 1.54) is 64.3 Å². The number of likely N-dealkylation sites (tertiary alicyclic amines) is 1. The lowest BCUT2D eigenvalue weighted by Gasteiger charge is -2.36. The molecule has 0 bridgehead atoms. The summed E-state index contributed by atoms with van der Waals surface area (Å²) >= 11 is 0. The van der Waals surface area contributed by atoms with Crippen molar-refractivity contribution >= 4 is 29.9 Å². The van der Waals surface area contributed by atoms with Gasteiger partial charge in [0.25, 0.3) is 0 Å². The smallest absolute Gasteiger partial charge is 0.337 e. The van der Waals surface area contributed by atoms with Gasteiger partial charge in [-0.05, 0) is 62.4 Å². The van der Waals surface area contributed by atoms with Crippen LogP contribution in [0.2, 0.25) is 0 Å². The van der Waals surface area contributed by atoms with Gasteiger partial charge in [-0.1, -0.05) is 25.0 Å². The zero-order valence-corrected chi connectivity index (χ0v) is 15.6. The maximum Gasteiger partial charge on any atom is 0.337 e. The predicted octanol–water partition coefficient (Wildman–Crippen LogP) is 4.21. The fraction of sp³-hybridized carbons (Fsp3) is 0.611. The minimum absolute atomic E-state index is 0. The Morgan fingerprint density at radius 3 is 2.18 bits per heavy atom. The minimum atomic E-state index is -0.252. The van der Waals surface area contributed by atoms with Crippen molar-refractivity contribution in [1.82, 2.24) is 4.90 Å². The summed E-state index contributed by atoms with van der Waals surface area (Å²) in [5.41, 5.74) is 2.01. The van der Waals surface area contributed by atoms with E-state index in [-0.39, 0.29) is 29.9 Å². The predicted molar refractivity (Wildman–Crippen MR) is 99.0 cm³/mol. The Morgan fingerprint density at radius 2 is 1.64 bits per heavy atom. The van der Waals surface area contributed by atoms with E-state index in [1.807, 2.05) is 12.1 Å². The second-order valence-corrected chi connectivity index (χ2v) is 6.36. The Morgan fingerprint density at radius 1 is 1.05 bits per heavy atom. The van der Waals surface area contributed by atoms with Gasteiger partial charge in [0, 0.05) is 6.04 Å². The van der Waals surface area contributed by atoms with Gasteiger partial charge >= 0.3 is 5.97 Å². The SMILES string of the molecule is COC(=O)c1ccc(C2CCN(C3CCCC3)CC2)cc1.I. The first-order chi connectivity index (χ1) is 10.3. The molecule has 3 rings (SSSR count). The van der Waals surface area contributed by atoms with Crippen LogP contribution in [-0.4, -0.2) is 37.1 Å². The van der Waals surface area contributed by atoms with Crippen LogP contribution in [0.4, 0.5) is 0 Å². The van der Waals surface area contributed by atoms with E-state index in [0.29, 0.717) is 11.5 Å². The maximum absolute atomic E-state index is 11.5. The Hall–Kier alpha value is -0.620. The molecule has 2 fully saturated rings. The Balaban J connectivity index is 0.00000176. The van der Waals surface area contributed by atoms with E-state index in [1.54, 1.807) is 0 Å². The molecule has 0 unspecified atom stereocenters. The van der Waals surface area contributed by atoms with Gasteiger partial charge in [-0.15, -0.1) is 24.0 Å². The van der Waals surface area contributed by atoms with Gasteiger partial charge in [-0.3, -0.25) is 0 Å². The van der Waals surface area contributed by atoms with Crippen molar-refractivity contribution in [3.63, 3.8) is 0 Å². The first-order valence-electron chi connectivity index (χ1n) is 8.20. The molecule has 3 nitrogen and oxygen atoms in total. The summed E-state index contributed by atoms with van der Waals surface area (Å²) in [6.45, 7) is 2.46. The molecule has 22 heavy (non-hydrogen) atoms. The van der Waals surface area contributed by atoms with Gasteiger partial charge in [-0.25, -0.2) is 4.79 Å². The third kappa shape index (κ3) is 4.02. The fourth-order valence-electron chi connectivity index (χ4n) is 3.88. The number of benzene rings is 1. The Kier molecular flexibility index (Phi) is 6.68. The summed E-state index contributed by atoms with van der Waals surface area (Å²) in [6.07, 6.45) is 8.12. The number of hydrogen-bond donors (Lipinski definition) is 0. The molecular formula is C18H26INO2. The summed E-state index contributed by atoms with van der Waals surface area (Å²) in [5.74, 6) is 0.395. The molecule has 1 aliphatic heterocycles. The van der Waals surface area contributed by atoms with Gasteiger partial charge < -0.3 is 9.64 Å². The van der Waals surface area contributed by atoms with Crippen molar-refractivity contribution in [2.24, 2.45) is 0 Å². The van der Waals surface area contributed by atoms with Crippen molar-refractivity contribution in [1.29, 1.82) is 0 Å². The number of methoxy groups -OCH3 is 1. The highest BCUT2D eigenvalue weighted by Gasteiger charge is 2.27. The molecule has 0 amide bonds. The van der Waals surface area contributed by atoms with E-state index in [0.717, 1.165) is 6.04 Å². The lowest BCUT2D eigenvalue weighted by Crippen LogP contribution is -2.39. The highest BCUT2D eigenvalue weighted by molar-refractivity contribution is 14.0. The number of esters is 1. The first-order valence-corrected chi connectivity index (χ1v) is 8.20. The number of ether oxygens (including phenoxy) is 1. The van der Waals surface area contributed by atoms with Crippen LogP contribution in [0.3, 0.4) is 0 Å². The van der Waals surface area contributed by atoms with Crippen LogP contribution in [0, 0.1) is 0 Å². The van der Waals surface area contributed by atoms with Crippen LogP contribution in [0.25, 0.3) is 0 Å². The van der Waals surface area contributed by atoms with Crippen LogP contribution in [0.15, 0.2) is 24.3 Å². The van der Waals surface area contributed by atoms with Crippen LogP contribution >= 0.6 is 24.0 Å². The van der Waals surface area contributed by atoms with Crippen LogP contribution in [0.1, 0.15) is 60.4 Å². The van der Waals surface area contributed by atoms with Crippen molar-refractivity contribution in [2.75, 3.05) is 20.2 Å². The molecule has 0 radical (unpaired) electrons. The number of nitrogens with zero attached hydrogens (tertiary/aromatic N) is 1. The second kappa shape index (κ2) is 8.29. The van der Waals surface area contributed by atoms with Crippen molar-refractivity contribution in [3.8, 4) is 0 Å². The van der Waals surface area contributed by atoms with E-state index in [2.05, 4.69) is 17.0 Å². The zero-order chi connectivity index (χ0) is 14.7. The summed E-state index contributed by atoms with van der Waals surface area (Å²) < 4.78 is 4.75. The third-order valence-electron chi connectivity index (χ3n) is 5.17. The number of halogens is 1. The lowest BCUT2D eigenvalue weighted by atomic mass is 9.88. The van der Waals surface area contributed by atoms with E-state index in [4.69, 9.17) is 4.74 Å². The van der Waals surface area contributed by atoms with Gasteiger partial charge in [0.05, 0.1) is 12.7 Å². The molecule has 0 atom stereocenters. The van der Waals surface area contributed by atoms with Crippen molar-refractivity contribution < 1.29 is 9.53 Å². The Bertz CT molecular complexity index is 474. The average molecular weight is 415 g/mol. The van der Waals surface area contributed by atoms with Crippen LogP contribution in [0.5, 0.6) is 0 Å². The molecule has 1 heterocycles. The van der Waals surface area contributed by atoms with Gasteiger partial charge in [-0.2, -0.15) is 0 Å². The Labute approximate surface area is 150 Å². The van der Waals surface area contributed by atoms with E-state index < -0.39 is 0 Å². The monoisotopic (exact) mass is 415 g/mol. The molecule has 0 aromatic heterocycles. The van der Waals surface area contributed by atoms with E-state index >= 15 is 0 Å². The standard InChI is InChI=1S/C18H25NO2.HI/c1-21-18(20)16-8-6-14(7-9-16)15-10-12-19(13-11-15)17-4-2-3-5-17;/h6-9,15,17H,2-5,10-13H2,1H3;1H. The number of piperidine rings is 1. The van der Waals surface area contributed by atoms with Gasteiger partial charge in [0.2, 0.25) is 0 Å². The fourth-order valence-corrected chi connectivity index (χ4v) is 3.88. The molecule has 1 aliphatic carbocycles. The third-order valence-corrected chi connectivity index (χ3v) is 5.17. The molecule has 1 saturated heterocycles. The zero-order valence-electron chi connectivity index (χ0n) is 13.3. The highest BCUT2D eigenvalue weighted by Crippen LogP contribution is 2.32. The summed E-state index contributed by atoms with van der Waals surface area (Å²) in [4.78, 5) is 14.2. The maximum atomic E-state index is 11.5. The quantitative estimate of drug-likeness (QED) is 0.547. The van der Waals surface area contributed by atoms with Crippen LogP contribution in [-0.2, 0) is 4.74 Å². The van der Waals surface area contributed by atoms with E-state index in [9.17, 15) is 4.79 Å². The molecule has 4 heteroatoms. The molecule has 1 aromatic carbocycles. The van der Waals surface area contributed by atoms with Gasteiger partial charge in [0.1, 0.15) is 0 Å². The summed E-state index contributed by atoms with van der Waals surface area (Å²) in [7, 11) is 1.43. The summed E-state index contributed by atoms with van der Waals surface area (Å²) in [6, 6.07) is 8.84. The summed E-state index contributed by atoms with van der Waals surface area (Å²) in [5, 5.41) is 0. The highest BCUT2D eigenvalue weighted by atomic mass is 127. The minimum Gasteiger partial charge on any atom is -0.465 e. The molecular weight excluding hydrogens is 389 g/mol. The molecule has 1 saturated carbocycles. The molecule has 2 aliphatic rings. The number of carbonyl (C=O) groups excluding carboxylic acids is 1.